The summed E-state index contributed by atoms with van der Waals surface area (Å²) in [6.45, 7) is 0. The van der Waals surface area contributed by atoms with E-state index in [1.807, 2.05) is 0 Å². The van der Waals surface area contributed by atoms with E-state index in [0.717, 1.165) is 0 Å². The number of aromatic nitrogens is 5. The first-order valence-corrected chi connectivity index (χ1v) is 5.39. The predicted molar refractivity (Wildman–Crippen MR) is 65.8 cm³/mol. The van der Waals surface area contributed by atoms with Gasteiger partial charge in [0.1, 0.15) is 17.5 Å². The highest BCUT2D eigenvalue weighted by atomic mass is 16.2. The second kappa shape index (κ2) is 4.33. The van der Waals surface area contributed by atoms with Crippen molar-refractivity contribution in [2.45, 2.75) is 0 Å². The highest BCUT2D eigenvalue weighted by Gasteiger charge is 2.14. The SMILES string of the molecule is O=C(Nc1ncn[nH]1)c1cnc2ccccn2c1=O. The summed E-state index contributed by atoms with van der Waals surface area (Å²) in [5.74, 6) is -0.421. The van der Waals surface area contributed by atoms with Crippen LogP contribution in [0, 0.1) is 0 Å². The normalized spacial score (nSPS) is 10.5. The Labute approximate surface area is 106 Å². The van der Waals surface area contributed by atoms with E-state index in [9.17, 15) is 9.59 Å². The molecule has 3 rings (SSSR count). The molecule has 0 atom stereocenters. The van der Waals surface area contributed by atoms with Gasteiger partial charge in [-0.3, -0.25) is 19.3 Å². The Kier molecular flexibility index (Phi) is 2.53. The van der Waals surface area contributed by atoms with Crippen molar-refractivity contribution in [3.05, 3.63) is 52.8 Å². The number of carbonyl (C=O) groups is 1. The van der Waals surface area contributed by atoms with E-state index >= 15 is 0 Å². The maximum atomic E-state index is 12.1. The van der Waals surface area contributed by atoms with Crippen molar-refractivity contribution >= 4 is 17.5 Å². The molecule has 0 aliphatic carbocycles. The van der Waals surface area contributed by atoms with Crippen LogP contribution in [-0.2, 0) is 0 Å². The third-order valence-electron chi connectivity index (χ3n) is 2.51. The second-order valence-corrected chi connectivity index (χ2v) is 3.69. The summed E-state index contributed by atoms with van der Waals surface area (Å²) >= 11 is 0. The molecule has 0 saturated heterocycles. The minimum Gasteiger partial charge on any atom is -0.291 e. The van der Waals surface area contributed by atoms with Gasteiger partial charge >= 0.3 is 0 Å². The number of fused-ring (bicyclic) bond motifs is 1. The van der Waals surface area contributed by atoms with Crippen molar-refractivity contribution in [1.29, 1.82) is 0 Å². The standard InChI is InChI=1S/C11H8N6O2/c18-9(15-11-13-6-14-16-11)7-5-12-8-3-1-2-4-17(8)10(7)19/h1-6H,(H2,13,14,15,16,18). The van der Waals surface area contributed by atoms with E-state index in [1.54, 1.807) is 24.4 Å². The van der Waals surface area contributed by atoms with E-state index < -0.39 is 11.5 Å². The van der Waals surface area contributed by atoms with Crippen LogP contribution in [0.1, 0.15) is 10.4 Å². The molecule has 0 aliphatic rings. The maximum absolute atomic E-state index is 12.1. The Hall–Kier alpha value is -3.03. The number of H-pyrrole nitrogens is 1. The molecule has 2 N–H and O–H groups in total. The number of carbonyl (C=O) groups excluding carboxylic acids is 1. The van der Waals surface area contributed by atoms with Gasteiger partial charge in [0, 0.05) is 12.4 Å². The van der Waals surface area contributed by atoms with Crippen LogP contribution in [0.3, 0.4) is 0 Å². The average molecular weight is 256 g/mol. The van der Waals surface area contributed by atoms with Crippen molar-refractivity contribution < 1.29 is 4.79 Å². The van der Waals surface area contributed by atoms with E-state index in [1.165, 1.54) is 16.9 Å². The van der Waals surface area contributed by atoms with Crippen molar-refractivity contribution in [3.63, 3.8) is 0 Å². The summed E-state index contributed by atoms with van der Waals surface area (Å²) < 4.78 is 1.30. The average Bonchev–Trinajstić information content (AvgIpc) is 2.92. The lowest BCUT2D eigenvalue weighted by Crippen LogP contribution is -2.26. The molecule has 0 radical (unpaired) electrons. The van der Waals surface area contributed by atoms with Gasteiger partial charge in [0.25, 0.3) is 11.5 Å². The summed E-state index contributed by atoms with van der Waals surface area (Å²) in [7, 11) is 0. The lowest BCUT2D eigenvalue weighted by Gasteiger charge is -2.03. The van der Waals surface area contributed by atoms with Gasteiger partial charge in [-0.25, -0.2) is 10.1 Å². The number of nitrogens with zero attached hydrogens (tertiary/aromatic N) is 4. The minimum atomic E-state index is -0.590. The fourth-order valence-corrected chi connectivity index (χ4v) is 1.62. The fraction of sp³-hybridized carbons (Fsp3) is 0. The van der Waals surface area contributed by atoms with Crippen LogP contribution >= 0.6 is 0 Å². The molecule has 3 aromatic rings. The Morgan fingerprint density at radius 3 is 3.00 bits per heavy atom. The fourth-order valence-electron chi connectivity index (χ4n) is 1.62. The Bertz CT molecular complexity index is 792. The smallest absolute Gasteiger partial charge is 0.270 e. The van der Waals surface area contributed by atoms with Gasteiger partial charge in [-0.2, -0.15) is 10.1 Å². The number of anilines is 1. The summed E-state index contributed by atoms with van der Waals surface area (Å²) in [6.07, 6.45) is 4.04. The van der Waals surface area contributed by atoms with Gasteiger partial charge in [-0.05, 0) is 12.1 Å². The molecule has 3 aromatic heterocycles. The monoisotopic (exact) mass is 256 g/mol. The molecule has 0 saturated carbocycles. The quantitative estimate of drug-likeness (QED) is 0.674. The molecule has 94 valence electrons. The molecule has 0 bridgehead atoms. The van der Waals surface area contributed by atoms with E-state index in [4.69, 9.17) is 0 Å². The molecule has 19 heavy (non-hydrogen) atoms. The highest BCUT2D eigenvalue weighted by Crippen LogP contribution is 2.00. The van der Waals surface area contributed by atoms with Gasteiger partial charge in [0.2, 0.25) is 5.95 Å². The number of hydrogen-bond acceptors (Lipinski definition) is 5. The maximum Gasteiger partial charge on any atom is 0.270 e. The molecule has 0 fully saturated rings. The Balaban J connectivity index is 2.03. The van der Waals surface area contributed by atoms with Crippen LogP contribution in [0.4, 0.5) is 5.95 Å². The summed E-state index contributed by atoms with van der Waals surface area (Å²) in [6, 6.07) is 5.13. The number of nitrogens with one attached hydrogen (secondary N) is 2. The minimum absolute atomic E-state index is 0.0694. The second-order valence-electron chi connectivity index (χ2n) is 3.69. The number of amides is 1. The molecule has 0 aliphatic heterocycles. The number of aromatic amines is 1. The molecule has 0 unspecified atom stereocenters. The molecular formula is C11H8N6O2. The van der Waals surface area contributed by atoms with Crippen molar-refractivity contribution in [1.82, 2.24) is 24.6 Å². The predicted octanol–water partition coefficient (Wildman–Crippen LogP) is 0.0649. The Morgan fingerprint density at radius 2 is 2.21 bits per heavy atom. The van der Waals surface area contributed by atoms with Gasteiger partial charge < -0.3 is 0 Å². The molecule has 0 spiro atoms. The van der Waals surface area contributed by atoms with Crippen LogP contribution in [-0.4, -0.2) is 30.5 Å². The molecule has 0 aromatic carbocycles. The van der Waals surface area contributed by atoms with Crippen LogP contribution in [0.15, 0.2) is 41.7 Å². The van der Waals surface area contributed by atoms with Gasteiger partial charge in [0.05, 0.1) is 0 Å². The molecule has 8 heteroatoms. The van der Waals surface area contributed by atoms with E-state index in [-0.39, 0.29) is 11.5 Å². The van der Waals surface area contributed by atoms with E-state index in [0.29, 0.717) is 5.65 Å². The largest absolute Gasteiger partial charge is 0.291 e. The highest BCUT2D eigenvalue weighted by molar-refractivity contribution is 6.02. The van der Waals surface area contributed by atoms with Crippen molar-refractivity contribution in [2.75, 3.05) is 5.32 Å². The van der Waals surface area contributed by atoms with Crippen LogP contribution in [0.5, 0.6) is 0 Å². The van der Waals surface area contributed by atoms with Gasteiger partial charge in [-0.1, -0.05) is 6.07 Å². The first-order valence-electron chi connectivity index (χ1n) is 5.39. The molecule has 8 nitrogen and oxygen atoms in total. The lowest BCUT2D eigenvalue weighted by atomic mass is 10.3. The zero-order valence-electron chi connectivity index (χ0n) is 9.57. The van der Waals surface area contributed by atoms with Crippen molar-refractivity contribution in [2.24, 2.45) is 0 Å². The molecular weight excluding hydrogens is 248 g/mol. The summed E-state index contributed by atoms with van der Waals surface area (Å²) in [5, 5.41) is 8.49. The third-order valence-corrected chi connectivity index (χ3v) is 2.51. The van der Waals surface area contributed by atoms with Crippen LogP contribution in [0.25, 0.3) is 5.65 Å². The van der Waals surface area contributed by atoms with Gasteiger partial charge in [-0.15, -0.1) is 0 Å². The zero-order valence-corrected chi connectivity index (χ0v) is 9.57. The first-order chi connectivity index (χ1) is 9.25. The van der Waals surface area contributed by atoms with Crippen LogP contribution < -0.4 is 10.9 Å². The third kappa shape index (κ3) is 1.95. The van der Waals surface area contributed by atoms with Crippen LogP contribution in [0.2, 0.25) is 0 Å². The molecule has 1 amide bonds. The lowest BCUT2D eigenvalue weighted by molar-refractivity contribution is 0.102. The van der Waals surface area contributed by atoms with Gasteiger partial charge in [0.15, 0.2) is 0 Å². The number of pyridine rings is 1. The summed E-state index contributed by atoms with van der Waals surface area (Å²) in [5.41, 5.74) is -0.0357. The van der Waals surface area contributed by atoms with E-state index in [2.05, 4.69) is 25.5 Å². The number of hydrogen-bond donors (Lipinski definition) is 2. The zero-order chi connectivity index (χ0) is 13.2. The van der Waals surface area contributed by atoms with Crippen molar-refractivity contribution in [3.8, 4) is 0 Å². The molecule has 3 heterocycles. The summed E-state index contributed by atoms with van der Waals surface area (Å²) in [4.78, 5) is 31.8. The first kappa shape index (κ1) is 11.1. The number of rotatable bonds is 2. The topological polar surface area (TPSA) is 105 Å². The Morgan fingerprint density at radius 1 is 1.32 bits per heavy atom.